The molecule has 0 saturated carbocycles. The van der Waals surface area contributed by atoms with Crippen LogP contribution in [0, 0.1) is 6.92 Å². The molecule has 0 aliphatic rings. The van der Waals surface area contributed by atoms with Crippen molar-refractivity contribution < 1.29 is 23.9 Å². The smallest absolute Gasteiger partial charge is 0.306 e. The van der Waals surface area contributed by atoms with Gasteiger partial charge in [0.2, 0.25) is 0 Å². The number of nitrogens with zero attached hydrogens (tertiary/aromatic N) is 3. The first kappa shape index (κ1) is 43.7. The van der Waals surface area contributed by atoms with Crippen molar-refractivity contribution in [2.75, 3.05) is 25.4 Å². The Bertz CT molecular complexity index is 983. The van der Waals surface area contributed by atoms with E-state index in [2.05, 4.69) is 36.4 Å². The number of unbranched alkanes of at least 4 members (excludes halogenated alkanes) is 11. The highest BCUT2D eigenvalue weighted by molar-refractivity contribution is 8.13. The molecule has 1 amide bonds. The Kier molecular flexibility index (Phi) is 28.0. The number of amides is 1. The summed E-state index contributed by atoms with van der Waals surface area (Å²) < 4.78 is 13.4. The van der Waals surface area contributed by atoms with E-state index in [-0.39, 0.29) is 29.7 Å². The van der Waals surface area contributed by atoms with Gasteiger partial charge < -0.3 is 18.9 Å². The molecule has 1 rings (SSSR count). The summed E-state index contributed by atoms with van der Waals surface area (Å²) in [4.78, 5) is 44.5. The van der Waals surface area contributed by atoms with Crippen LogP contribution in [-0.4, -0.2) is 63.2 Å². The molecule has 0 aromatic carbocycles. The average Bonchev–Trinajstić information content (AvgIpc) is 3.49. The van der Waals surface area contributed by atoms with Crippen molar-refractivity contribution in [2.24, 2.45) is 0 Å². The molecule has 0 radical (unpaired) electrons. The Morgan fingerprint density at radius 2 is 1.40 bits per heavy atom. The van der Waals surface area contributed by atoms with Crippen LogP contribution in [-0.2, 0) is 25.6 Å². The highest BCUT2D eigenvalue weighted by Crippen LogP contribution is 2.18. The molecular formula is C39H69N3O5S. The summed E-state index contributed by atoms with van der Waals surface area (Å²) in [5.41, 5.74) is 0. The molecule has 276 valence electrons. The van der Waals surface area contributed by atoms with Crippen molar-refractivity contribution in [3.63, 3.8) is 0 Å². The summed E-state index contributed by atoms with van der Waals surface area (Å²) in [5.74, 6) is 1.25. The number of aromatic nitrogens is 2. The second-order valence-corrected chi connectivity index (χ2v) is 14.0. The van der Waals surface area contributed by atoms with Gasteiger partial charge in [-0.3, -0.25) is 14.4 Å². The molecule has 0 aliphatic heterocycles. The first-order valence-electron chi connectivity index (χ1n) is 19.3. The largest absolute Gasteiger partial charge is 0.462 e. The van der Waals surface area contributed by atoms with Gasteiger partial charge in [0, 0.05) is 50.6 Å². The minimum Gasteiger partial charge on any atom is -0.462 e. The van der Waals surface area contributed by atoms with Crippen molar-refractivity contribution in [2.45, 2.75) is 175 Å². The number of rotatable bonds is 31. The van der Waals surface area contributed by atoms with E-state index < -0.39 is 0 Å². The molecule has 1 unspecified atom stereocenters. The lowest BCUT2D eigenvalue weighted by Crippen LogP contribution is -2.31. The van der Waals surface area contributed by atoms with E-state index in [1.165, 1.54) is 82.4 Å². The van der Waals surface area contributed by atoms with Crippen molar-refractivity contribution >= 4 is 28.9 Å². The number of carbonyl (C=O) groups excluding carboxylic acids is 3. The van der Waals surface area contributed by atoms with Crippen LogP contribution in [0.5, 0.6) is 0 Å². The molecule has 0 bridgehead atoms. The summed E-state index contributed by atoms with van der Waals surface area (Å²) in [6.07, 6.45) is 28.7. The third-order valence-electron chi connectivity index (χ3n) is 8.61. The van der Waals surface area contributed by atoms with E-state index >= 15 is 0 Å². The van der Waals surface area contributed by atoms with E-state index in [1.807, 2.05) is 19.2 Å². The predicted molar refractivity (Wildman–Crippen MR) is 200 cm³/mol. The summed E-state index contributed by atoms with van der Waals surface area (Å²) in [5, 5.41) is -0.00836. The monoisotopic (exact) mass is 691 g/mol. The van der Waals surface area contributed by atoms with Crippen molar-refractivity contribution in [3.8, 4) is 0 Å². The van der Waals surface area contributed by atoms with Gasteiger partial charge in [0.25, 0.3) is 5.24 Å². The minimum absolute atomic E-state index is 0.00836. The van der Waals surface area contributed by atoms with Gasteiger partial charge in [0.15, 0.2) is 0 Å². The topological polar surface area (TPSA) is 90.7 Å². The molecule has 1 aromatic rings. The number of aryl methyl sites for hydroxylation is 2. The van der Waals surface area contributed by atoms with E-state index in [9.17, 15) is 14.4 Å². The Morgan fingerprint density at radius 1 is 0.792 bits per heavy atom. The van der Waals surface area contributed by atoms with E-state index in [1.54, 1.807) is 11.1 Å². The van der Waals surface area contributed by atoms with Crippen LogP contribution >= 0.6 is 11.8 Å². The molecular weight excluding hydrogens is 623 g/mol. The zero-order chi connectivity index (χ0) is 35.1. The van der Waals surface area contributed by atoms with Crippen molar-refractivity contribution in [1.29, 1.82) is 0 Å². The Balaban J connectivity index is 2.56. The highest BCUT2D eigenvalue weighted by Gasteiger charge is 2.18. The molecule has 0 N–H and O–H groups in total. The van der Waals surface area contributed by atoms with E-state index in [0.29, 0.717) is 44.7 Å². The lowest BCUT2D eigenvalue weighted by Gasteiger charge is -2.22. The molecule has 9 heteroatoms. The average molecular weight is 692 g/mol. The third kappa shape index (κ3) is 23.9. The minimum atomic E-state index is -0.246. The number of ether oxygens (including phenoxy) is 2. The van der Waals surface area contributed by atoms with Gasteiger partial charge in [-0.1, -0.05) is 109 Å². The molecule has 0 aliphatic carbocycles. The Hall–Kier alpha value is -2.29. The predicted octanol–water partition coefficient (Wildman–Crippen LogP) is 10.6. The van der Waals surface area contributed by atoms with Gasteiger partial charge in [0.05, 0.1) is 0 Å². The van der Waals surface area contributed by atoms with Crippen LogP contribution in [0.1, 0.15) is 161 Å². The first-order chi connectivity index (χ1) is 23.4. The van der Waals surface area contributed by atoms with Crippen molar-refractivity contribution in [3.05, 3.63) is 30.4 Å². The van der Waals surface area contributed by atoms with Gasteiger partial charge in [-0.2, -0.15) is 0 Å². The standard InChI is InChI=1S/C39H69N3O5S/c1-5-8-11-14-15-17-20-33-46-37(43)26-21-29-42(39(45)48-34-23-31-41-32-28-40-35(41)4)30-22-27-38(44)47-36(24-18-13-10-7-3)25-19-16-12-9-6-2/h17,20,28,32,36H,5-16,18-19,21-27,29-31,33-34H2,1-4H3/b20-17-. The molecule has 1 heterocycles. The zero-order valence-electron chi connectivity index (χ0n) is 31.1. The van der Waals surface area contributed by atoms with Crippen LogP contribution in [0.4, 0.5) is 4.79 Å². The SMILES string of the molecule is CCCCCC/C=C\COC(=O)CCCN(CCCC(=O)OC(CCCCCC)CCCCCCC)C(=O)SCCCn1ccnc1C. The maximum atomic E-state index is 13.2. The van der Waals surface area contributed by atoms with Gasteiger partial charge >= 0.3 is 11.9 Å². The first-order valence-corrected chi connectivity index (χ1v) is 20.3. The number of esters is 2. The molecule has 8 nitrogen and oxygen atoms in total. The lowest BCUT2D eigenvalue weighted by atomic mass is 10.0. The van der Waals surface area contributed by atoms with E-state index in [4.69, 9.17) is 9.47 Å². The normalized spacial score (nSPS) is 12.0. The zero-order valence-corrected chi connectivity index (χ0v) is 31.9. The van der Waals surface area contributed by atoms with Gasteiger partial charge in [-0.25, -0.2) is 4.98 Å². The third-order valence-corrected chi connectivity index (χ3v) is 9.61. The molecule has 1 atom stereocenters. The molecule has 0 saturated heterocycles. The fourth-order valence-corrected chi connectivity index (χ4v) is 6.43. The fourth-order valence-electron chi connectivity index (χ4n) is 5.62. The summed E-state index contributed by atoms with van der Waals surface area (Å²) >= 11 is 1.31. The quantitative estimate of drug-likeness (QED) is 0.0435. The second kappa shape index (κ2) is 30.7. The molecule has 0 spiro atoms. The second-order valence-electron chi connectivity index (χ2n) is 13.0. The summed E-state index contributed by atoms with van der Waals surface area (Å²) in [6, 6.07) is 0. The van der Waals surface area contributed by atoms with Crippen LogP contribution in [0.3, 0.4) is 0 Å². The molecule has 0 fully saturated rings. The fraction of sp³-hybridized carbons (Fsp3) is 0.795. The number of thioether (sulfide) groups is 1. The number of hydrogen-bond acceptors (Lipinski definition) is 7. The van der Waals surface area contributed by atoms with Gasteiger partial charge in [-0.15, -0.1) is 0 Å². The Labute approximate surface area is 297 Å². The number of allylic oxidation sites excluding steroid dienone is 1. The van der Waals surface area contributed by atoms with Crippen LogP contribution in [0.25, 0.3) is 0 Å². The Morgan fingerprint density at radius 3 is 2.02 bits per heavy atom. The van der Waals surface area contributed by atoms with Gasteiger partial charge in [-0.05, 0) is 64.7 Å². The van der Waals surface area contributed by atoms with Crippen molar-refractivity contribution in [1.82, 2.24) is 14.5 Å². The van der Waals surface area contributed by atoms with E-state index in [0.717, 1.165) is 50.9 Å². The number of carbonyl (C=O) groups is 3. The number of imidazole rings is 1. The van der Waals surface area contributed by atoms with Crippen LogP contribution in [0.15, 0.2) is 24.5 Å². The van der Waals surface area contributed by atoms with Gasteiger partial charge in [0.1, 0.15) is 18.5 Å². The van der Waals surface area contributed by atoms with Crippen LogP contribution < -0.4 is 0 Å². The highest BCUT2D eigenvalue weighted by atomic mass is 32.2. The van der Waals surface area contributed by atoms with Crippen LogP contribution in [0.2, 0.25) is 0 Å². The number of hydrogen-bond donors (Lipinski definition) is 0. The molecule has 48 heavy (non-hydrogen) atoms. The lowest BCUT2D eigenvalue weighted by molar-refractivity contribution is -0.150. The summed E-state index contributed by atoms with van der Waals surface area (Å²) in [6.45, 7) is 10.6. The summed E-state index contributed by atoms with van der Waals surface area (Å²) in [7, 11) is 0. The molecule has 1 aromatic heterocycles. The maximum absolute atomic E-state index is 13.2. The maximum Gasteiger partial charge on any atom is 0.306 e.